The number of nitrogens with one attached hydrogen (secondary N) is 1. The largest absolute Gasteiger partial charge is 0.433 e. The Balaban J connectivity index is 1.91. The molecule has 0 radical (unpaired) electrons. The minimum Gasteiger partial charge on any atom is -0.433 e. The molecule has 1 amide bonds. The molecule has 2 rings (SSSR count). The van der Waals surface area contributed by atoms with Crippen LogP contribution in [0, 0.1) is 0 Å². The standard InChI is InChI=1S/C13H16F2N2O4/c14-13(15)21-8-2-3-9(16-6-8)12(20)17-7-1-4-10(18)11(19)5-7/h2-3,6-7,10-11,13,18-19H,1,4-5H2,(H,17,20)/t7?,10-,11+/m1/s1. The van der Waals surface area contributed by atoms with Gasteiger partial charge in [-0.15, -0.1) is 0 Å². The van der Waals surface area contributed by atoms with Crippen molar-refractivity contribution in [1.29, 1.82) is 0 Å². The molecule has 0 saturated heterocycles. The molecule has 1 aromatic rings. The Hall–Kier alpha value is -1.80. The third-order valence-corrected chi connectivity index (χ3v) is 3.31. The number of carbonyl (C=O) groups is 1. The minimum atomic E-state index is -2.94. The van der Waals surface area contributed by atoms with Crippen molar-refractivity contribution in [3.05, 3.63) is 24.0 Å². The highest BCUT2D eigenvalue weighted by atomic mass is 19.3. The van der Waals surface area contributed by atoms with Crippen LogP contribution in [0.15, 0.2) is 18.3 Å². The van der Waals surface area contributed by atoms with Crippen molar-refractivity contribution in [2.24, 2.45) is 0 Å². The van der Waals surface area contributed by atoms with Crippen molar-refractivity contribution >= 4 is 5.91 Å². The number of halogens is 2. The van der Waals surface area contributed by atoms with Crippen LogP contribution < -0.4 is 10.1 Å². The fourth-order valence-corrected chi connectivity index (χ4v) is 2.21. The summed E-state index contributed by atoms with van der Waals surface area (Å²) in [4.78, 5) is 15.7. The fourth-order valence-electron chi connectivity index (χ4n) is 2.21. The van der Waals surface area contributed by atoms with E-state index >= 15 is 0 Å². The van der Waals surface area contributed by atoms with Crippen LogP contribution in [0.5, 0.6) is 5.75 Å². The summed E-state index contributed by atoms with van der Waals surface area (Å²) in [7, 11) is 0. The summed E-state index contributed by atoms with van der Waals surface area (Å²) in [6.07, 6.45) is 0.637. The van der Waals surface area contributed by atoms with E-state index in [1.165, 1.54) is 12.1 Å². The topological polar surface area (TPSA) is 91.7 Å². The molecular weight excluding hydrogens is 286 g/mol. The lowest BCUT2D eigenvalue weighted by Gasteiger charge is -2.30. The number of pyridine rings is 1. The molecular formula is C13H16F2N2O4. The first-order valence-corrected chi connectivity index (χ1v) is 6.53. The second-order valence-corrected chi connectivity index (χ2v) is 4.88. The Morgan fingerprint density at radius 3 is 2.67 bits per heavy atom. The van der Waals surface area contributed by atoms with Crippen LogP contribution in [0.1, 0.15) is 29.8 Å². The predicted molar refractivity (Wildman–Crippen MR) is 68.0 cm³/mol. The van der Waals surface area contributed by atoms with Gasteiger partial charge in [0.2, 0.25) is 0 Å². The predicted octanol–water partition coefficient (Wildman–Crippen LogP) is 0.687. The average molecular weight is 302 g/mol. The number of carbonyl (C=O) groups excluding carboxylic acids is 1. The average Bonchev–Trinajstić information content (AvgIpc) is 2.43. The maximum atomic E-state index is 12.0. The van der Waals surface area contributed by atoms with Crippen molar-refractivity contribution in [3.8, 4) is 5.75 Å². The van der Waals surface area contributed by atoms with Crippen molar-refractivity contribution in [1.82, 2.24) is 10.3 Å². The molecule has 1 aliphatic rings. The number of aliphatic hydroxyl groups excluding tert-OH is 2. The third-order valence-electron chi connectivity index (χ3n) is 3.31. The summed E-state index contributed by atoms with van der Waals surface area (Å²) in [5.74, 6) is -0.593. The van der Waals surface area contributed by atoms with E-state index < -0.39 is 24.7 Å². The lowest BCUT2D eigenvalue weighted by Crippen LogP contribution is -2.44. The van der Waals surface area contributed by atoms with Gasteiger partial charge in [-0.2, -0.15) is 8.78 Å². The van der Waals surface area contributed by atoms with E-state index in [4.69, 9.17) is 0 Å². The molecule has 6 nitrogen and oxygen atoms in total. The quantitative estimate of drug-likeness (QED) is 0.761. The van der Waals surface area contributed by atoms with Gasteiger partial charge < -0.3 is 20.3 Å². The Bertz CT molecular complexity index is 484. The second-order valence-electron chi connectivity index (χ2n) is 4.88. The number of ether oxygens (including phenoxy) is 1. The summed E-state index contributed by atoms with van der Waals surface area (Å²) in [5.41, 5.74) is 0.0669. The molecule has 1 aliphatic carbocycles. The lowest BCUT2D eigenvalue weighted by atomic mass is 9.90. The molecule has 8 heteroatoms. The zero-order chi connectivity index (χ0) is 15.4. The number of hydrogen-bond donors (Lipinski definition) is 3. The first-order chi connectivity index (χ1) is 9.95. The first-order valence-electron chi connectivity index (χ1n) is 6.53. The molecule has 1 saturated carbocycles. The van der Waals surface area contributed by atoms with E-state index in [0.717, 1.165) is 6.20 Å². The monoisotopic (exact) mass is 302 g/mol. The summed E-state index contributed by atoms with van der Waals surface area (Å²) in [5, 5.41) is 21.6. The summed E-state index contributed by atoms with van der Waals surface area (Å²) in [6, 6.07) is 2.25. The second kappa shape index (κ2) is 6.77. The number of amides is 1. The molecule has 21 heavy (non-hydrogen) atoms. The summed E-state index contributed by atoms with van der Waals surface area (Å²) >= 11 is 0. The molecule has 1 unspecified atom stereocenters. The van der Waals surface area contributed by atoms with Gasteiger partial charge in [0.25, 0.3) is 5.91 Å². The van der Waals surface area contributed by atoms with E-state index in [-0.39, 0.29) is 23.9 Å². The molecule has 1 fully saturated rings. The van der Waals surface area contributed by atoms with E-state index in [9.17, 15) is 23.8 Å². The maximum Gasteiger partial charge on any atom is 0.387 e. The van der Waals surface area contributed by atoms with Crippen LogP contribution in [0.4, 0.5) is 8.78 Å². The van der Waals surface area contributed by atoms with E-state index in [0.29, 0.717) is 12.8 Å². The summed E-state index contributed by atoms with van der Waals surface area (Å²) < 4.78 is 28.1. The van der Waals surface area contributed by atoms with Crippen LogP contribution in [0.2, 0.25) is 0 Å². The van der Waals surface area contributed by atoms with Gasteiger partial charge in [-0.3, -0.25) is 4.79 Å². The van der Waals surface area contributed by atoms with Crippen LogP contribution >= 0.6 is 0 Å². The Morgan fingerprint density at radius 1 is 1.33 bits per heavy atom. The Kier molecular flexibility index (Phi) is 5.03. The smallest absolute Gasteiger partial charge is 0.387 e. The maximum absolute atomic E-state index is 12.0. The highest BCUT2D eigenvalue weighted by molar-refractivity contribution is 5.92. The van der Waals surface area contributed by atoms with Crippen LogP contribution in [-0.4, -0.2) is 46.0 Å². The minimum absolute atomic E-state index is 0.0669. The van der Waals surface area contributed by atoms with Crippen molar-refractivity contribution in [2.75, 3.05) is 0 Å². The van der Waals surface area contributed by atoms with Gasteiger partial charge in [-0.05, 0) is 31.4 Å². The number of aliphatic hydroxyl groups is 2. The molecule has 3 N–H and O–H groups in total. The van der Waals surface area contributed by atoms with Crippen LogP contribution in [-0.2, 0) is 0 Å². The molecule has 0 spiro atoms. The van der Waals surface area contributed by atoms with Gasteiger partial charge in [-0.1, -0.05) is 0 Å². The molecule has 0 aromatic carbocycles. The zero-order valence-corrected chi connectivity index (χ0v) is 11.1. The highest BCUT2D eigenvalue weighted by Gasteiger charge is 2.28. The Morgan fingerprint density at radius 2 is 2.10 bits per heavy atom. The van der Waals surface area contributed by atoms with Gasteiger partial charge in [0.1, 0.15) is 11.4 Å². The van der Waals surface area contributed by atoms with Gasteiger partial charge in [-0.25, -0.2) is 4.98 Å². The van der Waals surface area contributed by atoms with Gasteiger partial charge in [0.15, 0.2) is 0 Å². The van der Waals surface area contributed by atoms with Gasteiger partial charge in [0.05, 0.1) is 18.4 Å². The molecule has 1 aromatic heterocycles. The number of aromatic nitrogens is 1. The third kappa shape index (κ3) is 4.33. The SMILES string of the molecule is O=C(NC1CC[C@@H](O)[C@@H](O)C1)c1ccc(OC(F)F)cn1. The number of hydrogen-bond acceptors (Lipinski definition) is 5. The molecule has 0 aliphatic heterocycles. The molecule has 1 heterocycles. The molecule has 0 bridgehead atoms. The highest BCUT2D eigenvalue weighted by Crippen LogP contribution is 2.19. The number of alkyl halides is 2. The normalized spacial score (nSPS) is 25.7. The van der Waals surface area contributed by atoms with Gasteiger partial charge in [0, 0.05) is 6.04 Å². The zero-order valence-electron chi connectivity index (χ0n) is 11.1. The van der Waals surface area contributed by atoms with Crippen molar-refractivity contribution < 1.29 is 28.5 Å². The van der Waals surface area contributed by atoms with Gasteiger partial charge >= 0.3 is 6.61 Å². The van der Waals surface area contributed by atoms with Crippen LogP contribution in [0.3, 0.4) is 0 Å². The molecule has 3 atom stereocenters. The molecule has 116 valence electrons. The van der Waals surface area contributed by atoms with E-state index in [2.05, 4.69) is 15.0 Å². The fraction of sp³-hybridized carbons (Fsp3) is 0.538. The van der Waals surface area contributed by atoms with Crippen LogP contribution in [0.25, 0.3) is 0 Å². The Labute approximate surface area is 119 Å². The van der Waals surface area contributed by atoms with Crippen molar-refractivity contribution in [2.45, 2.75) is 44.1 Å². The first kappa shape index (κ1) is 15.6. The number of nitrogens with zero attached hydrogens (tertiary/aromatic N) is 1. The number of rotatable bonds is 4. The summed E-state index contributed by atoms with van der Waals surface area (Å²) in [6.45, 7) is -2.94. The lowest BCUT2D eigenvalue weighted by molar-refractivity contribution is -0.0500. The van der Waals surface area contributed by atoms with Crippen molar-refractivity contribution in [3.63, 3.8) is 0 Å². The van der Waals surface area contributed by atoms with E-state index in [1.807, 2.05) is 0 Å². The van der Waals surface area contributed by atoms with E-state index in [1.54, 1.807) is 0 Å².